The molecule has 1 aromatic heterocycles. The van der Waals surface area contributed by atoms with E-state index in [9.17, 15) is 18.8 Å². The Bertz CT molecular complexity index is 1270. The van der Waals surface area contributed by atoms with Crippen LogP contribution in [-0.4, -0.2) is 40.4 Å². The fourth-order valence-corrected chi connectivity index (χ4v) is 5.86. The molecule has 10 nitrogen and oxygen atoms in total. The topological polar surface area (TPSA) is 121 Å². The van der Waals surface area contributed by atoms with Gasteiger partial charge in [0.15, 0.2) is 6.23 Å². The molecule has 2 aromatic rings. The maximum atomic E-state index is 13.3. The molecule has 1 fully saturated rings. The van der Waals surface area contributed by atoms with Gasteiger partial charge >= 0.3 is 18.3 Å². The van der Waals surface area contributed by atoms with Gasteiger partial charge in [-0.2, -0.15) is 0 Å². The fourth-order valence-electron chi connectivity index (χ4n) is 3.42. The summed E-state index contributed by atoms with van der Waals surface area (Å²) >= 11 is 5.64. The maximum absolute atomic E-state index is 13.3. The minimum absolute atomic E-state index is 0.0792. The third-order valence-electron chi connectivity index (χ3n) is 5.06. The number of H-pyrrole nitrogens is 1. The fraction of sp³-hybridized carbons (Fsp3) is 0.435. The second-order valence-corrected chi connectivity index (χ2v) is 11.5. The molecule has 0 amide bonds. The number of ether oxygens (including phenoxy) is 2. The van der Waals surface area contributed by atoms with Crippen LogP contribution in [0.1, 0.15) is 33.4 Å². The van der Waals surface area contributed by atoms with Crippen molar-refractivity contribution in [2.75, 3.05) is 6.61 Å². The van der Waals surface area contributed by atoms with Crippen LogP contribution in [0.25, 0.3) is 0 Å². The first-order chi connectivity index (χ1) is 17.0. The highest BCUT2D eigenvalue weighted by atomic mass is 32.5. The molecule has 36 heavy (non-hydrogen) atoms. The highest BCUT2D eigenvalue weighted by molar-refractivity contribution is 8.09. The van der Waals surface area contributed by atoms with Crippen molar-refractivity contribution in [2.45, 2.75) is 51.7 Å². The van der Waals surface area contributed by atoms with E-state index in [1.54, 1.807) is 20.8 Å². The van der Waals surface area contributed by atoms with Crippen LogP contribution < -0.4 is 20.9 Å². The second kappa shape index (κ2) is 12.0. The van der Waals surface area contributed by atoms with Gasteiger partial charge in [-0.15, -0.1) is 6.42 Å². The molecule has 0 saturated carbocycles. The normalized spacial score (nSPS) is 21.9. The molecule has 3 rings (SSSR count). The lowest BCUT2D eigenvalue weighted by molar-refractivity contribution is -0.149. The highest BCUT2D eigenvalue weighted by Crippen LogP contribution is 2.46. The molecule has 1 aliphatic heterocycles. The van der Waals surface area contributed by atoms with Crippen LogP contribution in [0.3, 0.4) is 0 Å². The van der Waals surface area contributed by atoms with Crippen molar-refractivity contribution in [1.82, 2.24) is 14.6 Å². The van der Waals surface area contributed by atoms with E-state index in [1.807, 2.05) is 0 Å². The van der Waals surface area contributed by atoms with Gasteiger partial charge in [0.2, 0.25) is 0 Å². The number of hydrogen-bond donors (Lipinski definition) is 2. The van der Waals surface area contributed by atoms with Crippen molar-refractivity contribution < 1.29 is 27.7 Å². The zero-order chi connectivity index (χ0) is 26.5. The zero-order valence-corrected chi connectivity index (χ0v) is 21.6. The molecule has 0 spiro atoms. The Kier molecular flexibility index (Phi) is 9.22. The van der Waals surface area contributed by atoms with Gasteiger partial charge in [-0.3, -0.25) is 19.1 Å². The summed E-state index contributed by atoms with van der Waals surface area (Å²) in [5.74, 6) is 1.35. The van der Waals surface area contributed by atoms with Gasteiger partial charge in [-0.1, -0.05) is 5.92 Å². The number of rotatable bonds is 10. The molecule has 2 heterocycles. The van der Waals surface area contributed by atoms with Gasteiger partial charge in [0.25, 0.3) is 5.56 Å². The molecule has 13 heteroatoms. The van der Waals surface area contributed by atoms with Crippen LogP contribution in [0.4, 0.5) is 4.39 Å². The number of nitrogens with zero attached hydrogens (tertiary/aromatic N) is 1. The number of benzene rings is 1. The monoisotopic (exact) mass is 539 g/mol. The predicted octanol–water partition coefficient (Wildman–Crippen LogP) is 2.46. The zero-order valence-electron chi connectivity index (χ0n) is 19.9. The largest absolute Gasteiger partial charge is 0.462 e. The number of nitrogens with one attached hydrogen (secondary N) is 2. The van der Waals surface area contributed by atoms with Crippen molar-refractivity contribution in [2.24, 2.45) is 5.92 Å². The number of aromatic amines is 1. The molecular formula is C23H27FN3O7PS. The Balaban J connectivity index is 1.75. The first-order valence-electron chi connectivity index (χ1n) is 11.1. The van der Waals surface area contributed by atoms with Crippen LogP contribution >= 0.6 is 6.64 Å². The summed E-state index contributed by atoms with van der Waals surface area (Å²) < 4.78 is 37.6. The Hall–Kier alpha value is -2.81. The van der Waals surface area contributed by atoms with Gasteiger partial charge in [0, 0.05) is 12.3 Å². The van der Waals surface area contributed by atoms with Crippen molar-refractivity contribution in [3.05, 3.63) is 63.2 Å². The van der Waals surface area contributed by atoms with Crippen molar-refractivity contribution in [1.29, 1.82) is 0 Å². The molecular weight excluding hydrogens is 512 g/mol. The lowest BCUT2D eigenvalue weighted by Gasteiger charge is -2.27. The van der Waals surface area contributed by atoms with Crippen LogP contribution in [0.2, 0.25) is 0 Å². The number of terminal acetylenes is 1. The Labute approximate surface area is 212 Å². The Morgan fingerprint density at radius 1 is 1.33 bits per heavy atom. The first kappa shape index (κ1) is 27.8. The standard InChI is InChI=1S/C23H27FN3O7PS/c1-5-16-12-19(33-21(16)27-11-10-20(28)25-23(27)30)13-31-35(36,26-15(4)22(29)32-14(2)3)34-18-8-6-17(24)7-9-18/h1,6-11,14-16,19,21H,12-13H2,2-4H3,(H,26,36)(H,25,28,30). The molecule has 5 unspecified atom stereocenters. The molecule has 2 N–H and O–H groups in total. The first-order valence-corrected chi connectivity index (χ1v) is 13.7. The Morgan fingerprint density at radius 2 is 2.03 bits per heavy atom. The molecule has 1 saturated heterocycles. The molecule has 1 aromatic carbocycles. The number of halogens is 1. The summed E-state index contributed by atoms with van der Waals surface area (Å²) in [6.07, 6.45) is 5.56. The molecule has 194 valence electrons. The van der Waals surface area contributed by atoms with Gasteiger partial charge in [0.05, 0.1) is 24.7 Å². The summed E-state index contributed by atoms with van der Waals surface area (Å²) in [6.45, 7) is 1.53. The van der Waals surface area contributed by atoms with Crippen LogP contribution in [0.5, 0.6) is 5.75 Å². The van der Waals surface area contributed by atoms with Crippen LogP contribution in [0, 0.1) is 24.1 Å². The molecule has 0 aliphatic carbocycles. The van der Waals surface area contributed by atoms with E-state index in [0.717, 1.165) is 0 Å². The summed E-state index contributed by atoms with van der Waals surface area (Å²) in [5, 5.41) is 2.89. The maximum Gasteiger partial charge on any atom is 0.330 e. The highest BCUT2D eigenvalue weighted by Gasteiger charge is 2.38. The van der Waals surface area contributed by atoms with Crippen molar-refractivity contribution in [3.63, 3.8) is 0 Å². The average Bonchev–Trinajstić information content (AvgIpc) is 3.22. The van der Waals surface area contributed by atoms with Crippen molar-refractivity contribution >= 4 is 24.4 Å². The third-order valence-corrected chi connectivity index (χ3v) is 7.56. The van der Waals surface area contributed by atoms with E-state index in [1.165, 1.54) is 41.1 Å². The SMILES string of the molecule is C#CC1CC(COP(=S)(NC(C)C(=O)OC(C)C)Oc2ccc(F)cc2)OC1n1ccc(=O)[nH]c1=O. The van der Waals surface area contributed by atoms with Gasteiger partial charge in [-0.25, -0.2) is 14.3 Å². The summed E-state index contributed by atoms with van der Waals surface area (Å²) in [4.78, 5) is 38.1. The minimum atomic E-state index is -3.39. The van der Waals surface area contributed by atoms with Crippen LogP contribution in [-0.2, 0) is 30.6 Å². The number of aromatic nitrogens is 2. The summed E-state index contributed by atoms with van der Waals surface area (Å²) in [6, 6.07) is 5.51. The van der Waals surface area contributed by atoms with E-state index in [4.69, 9.17) is 36.8 Å². The number of hydrogen-bond acceptors (Lipinski definition) is 8. The summed E-state index contributed by atoms with van der Waals surface area (Å²) in [5.41, 5.74) is -1.19. The average molecular weight is 540 g/mol. The molecule has 0 bridgehead atoms. The van der Waals surface area contributed by atoms with Crippen LogP contribution in [0.15, 0.2) is 46.1 Å². The summed E-state index contributed by atoms with van der Waals surface area (Å²) in [7, 11) is 0. The van der Waals surface area contributed by atoms with E-state index in [0.29, 0.717) is 6.42 Å². The molecule has 0 radical (unpaired) electrons. The lowest BCUT2D eigenvalue weighted by atomic mass is 10.0. The smallest absolute Gasteiger partial charge is 0.330 e. The molecule has 1 aliphatic rings. The predicted molar refractivity (Wildman–Crippen MR) is 133 cm³/mol. The van der Waals surface area contributed by atoms with E-state index in [2.05, 4.69) is 16.0 Å². The minimum Gasteiger partial charge on any atom is -0.462 e. The van der Waals surface area contributed by atoms with E-state index < -0.39 is 54.0 Å². The second-order valence-electron chi connectivity index (χ2n) is 8.35. The number of carbonyl (C=O) groups excluding carboxylic acids is 1. The Morgan fingerprint density at radius 3 is 2.64 bits per heavy atom. The van der Waals surface area contributed by atoms with E-state index in [-0.39, 0.29) is 18.5 Å². The van der Waals surface area contributed by atoms with E-state index >= 15 is 0 Å². The van der Waals surface area contributed by atoms with Crippen molar-refractivity contribution in [3.8, 4) is 18.1 Å². The quantitative estimate of drug-likeness (QED) is 0.267. The number of esters is 1. The lowest BCUT2D eigenvalue weighted by Crippen LogP contribution is -2.36. The third kappa shape index (κ3) is 7.35. The van der Waals surface area contributed by atoms with Gasteiger partial charge in [0.1, 0.15) is 17.6 Å². The number of carbonyl (C=O) groups is 1. The van der Waals surface area contributed by atoms with Gasteiger partial charge in [-0.05, 0) is 63.3 Å². The van der Waals surface area contributed by atoms with Gasteiger partial charge < -0.3 is 18.5 Å². The molecule has 5 atom stereocenters.